The summed E-state index contributed by atoms with van der Waals surface area (Å²) in [7, 11) is 0. The third-order valence-electron chi connectivity index (χ3n) is 3.64. The van der Waals surface area contributed by atoms with Crippen molar-refractivity contribution in [3.8, 4) is 10.7 Å². The van der Waals surface area contributed by atoms with Crippen LogP contribution in [-0.2, 0) is 13.1 Å². The molecule has 0 aliphatic carbocycles. The van der Waals surface area contributed by atoms with Crippen molar-refractivity contribution in [2.45, 2.75) is 13.1 Å². The Hall–Kier alpha value is -2.50. The van der Waals surface area contributed by atoms with E-state index in [1.807, 2.05) is 24.3 Å². The molecule has 0 fully saturated rings. The molecular formula is C18H16N4S. The summed E-state index contributed by atoms with van der Waals surface area (Å²) < 4.78 is 0. The average Bonchev–Trinajstić information content (AvgIpc) is 3.22. The van der Waals surface area contributed by atoms with E-state index in [2.05, 4.69) is 49.9 Å². The van der Waals surface area contributed by atoms with Crippen LogP contribution in [0.15, 0.2) is 60.1 Å². The summed E-state index contributed by atoms with van der Waals surface area (Å²) in [5.74, 6) is 0. The standard InChI is InChI=1S/C18H16N4S/c1-2-6-16-13(5-1)9-14(21-16)10-19-11-15-12-23-18(22-15)17-7-3-4-8-20-17/h1-9,12,19,21H,10-11H2. The fourth-order valence-corrected chi connectivity index (χ4v) is 3.34. The molecule has 3 aromatic heterocycles. The number of aromatic amines is 1. The van der Waals surface area contributed by atoms with E-state index >= 15 is 0 Å². The number of benzene rings is 1. The van der Waals surface area contributed by atoms with Crippen molar-refractivity contribution in [1.29, 1.82) is 0 Å². The number of thiazole rings is 1. The zero-order chi connectivity index (χ0) is 15.5. The van der Waals surface area contributed by atoms with Crippen molar-refractivity contribution in [1.82, 2.24) is 20.3 Å². The monoisotopic (exact) mass is 320 g/mol. The number of nitrogens with zero attached hydrogens (tertiary/aromatic N) is 2. The van der Waals surface area contributed by atoms with Gasteiger partial charge in [-0.25, -0.2) is 4.98 Å². The Kier molecular flexibility index (Phi) is 3.88. The predicted octanol–water partition coefficient (Wildman–Crippen LogP) is 3.98. The molecule has 0 unspecified atom stereocenters. The molecule has 4 nitrogen and oxygen atoms in total. The van der Waals surface area contributed by atoms with Gasteiger partial charge in [0.2, 0.25) is 0 Å². The first-order valence-corrected chi connectivity index (χ1v) is 8.39. The van der Waals surface area contributed by atoms with Gasteiger partial charge in [0.1, 0.15) is 5.01 Å². The Morgan fingerprint density at radius 3 is 2.83 bits per heavy atom. The van der Waals surface area contributed by atoms with Gasteiger partial charge >= 0.3 is 0 Å². The Morgan fingerprint density at radius 2 is 1.96 bits per heavy atom. The lowest BCUT2D eigenvalue weighted by atomic mass is 10.2. The molecule has 0 saturated heterocycles. The minimum atomic E-state index is 0.749. The van der Waals surface area contributed by atoms with E-state index in [0.717, 1.165) is 29.5 Å². The van der Waals surface area contributed by atoms with Gasteiger partial charge in [0, 0.05) is 35.9 Å². The summed E-state index contributed by atoms with van der Waals surface area (Å²) >= 11 is 1.63. The van der Waals surface area contributed by atoms with Gasteiger partial charge in [0.05, 0.1) is 11.4 Å². The predicted molar refractivity (Wildman–Crippen MR) is 94.2 cm³/mol. The summed E-state index contributed by atoms with van der Waals surface area (Å²) in [6, 6.07) is 16.4. The second-order valence-corrected chi connectivity index (χ2v) is 6.20. The first kappa shape index (κ1) is 14.1. The topological polar surface area (TPSA) is 53.6 Å². The summed E-state index contributed by atoms with van der Waals surface area (Å²) in [6.45, 7) is 1.55. The van der Waals surface area contributed by atoms with Crippen LogP contribution in [0.4, 0.5) is 0 Å². The third-order valence-corrected chi connectivity index (χ3v) is 4.56. The van der Waals surface area contributed by atoms with Gasteiger partial charge in [0.15, 0.2) is 0 Å². The number of rotatable bonds is 5. The van der Waals surface area contributed by atoms with Crippen LogP contribution in [0.1, 0.15) is 11.4 Å². The van der Waals surface area contributed by atoms with Crippen LogP contribution in [0.25, 0.3) is 21.6 Å². The van der Waals surface area contributed by atoms with Gasteiger partial charge in [-0.05, 0) is 29.7 Å². The molecule has 5 heteroatoms. The number of fused-ring (bicyclic) bond motifs is 1. The molecule has 0 radical (unpaired) electrons. The van der Waals surface area contributed by atoms with Crippen molar-refractivity contribution < 1.29 is 0 Å². The van der Waals surface area contributed by atoms with E-state index in [9.17, 15) is 0 Å². The summed E-state index contributed by atoms with van der Waals surface area (Å²) in [5.41, 5.74) is 4.34. The van der Waals surface area contributed by atoms with Crippen molar-refractivity contribution in [2.24, 2.45) is 0 Å². The van der Waals surface area contributed by atoms with Gasteiger partial charge in [-0.1, -0.05) is 24.3 Å². The van der Waals surface area contributed by atoms with E-state index in [1.165, 1.54) is 16.6 Å². The summed E-state index contributed by atoms with van der Waals surface area (Å²) in [4.78, 5) is 12.4. The quantitative estimate of drug-likeness (QED) is 0.585. The molecule has 0 saturated carbocycles. The van der Waals surface area contributed by atoms with Crippen LogP contribution in [-0.4, -0.2) is 15.0 Å². The largest absolute Gasteiger partial charge is 0.357 e. The lowest BCUT2D eigenvalue weighted by Crippen LogP contribution is -2.13. The summed E-state index contributed by atoms with van der Waals surface area (Å²) in [6.07, 6.45) is 1.80. The van der Waals surface area contributed by atoms with Crippen LogP contribution in [0.2, 0.25) is 0 Å². The minimum Gasteiger partial charge on any atom is -0.357 e. The molecule has 4 aromatic rings. The van der Waals surface area contributed by atoms with Gasteiger partial charge in [-0.15, -0.1) is 11.3 Å². The molecule has 0 atom stereocenters. The second-order valence-electron chi connectivity index (χ2n) is 5.34. The second kappa shape index (κ2) is 6.32. The van der Waals surface area contributed by atoms with Crippen LogP contribution in [0.3, 0.4) is 0 Å². The lowest BCUT2D eigenvalue weighted by Gasteiger charge is -2.00. The van der Waals surface area contributed by atoms with Crippen LogP contribution in [0, 0.1) is 0 Å². The fraction of sp³-hybridized carbons (Fsp3) is 0.111. The molecule has 114 valence electrons. The van der Waals surface area contributed by atoms with Crippen LogP contribution >= 0.6 is 11.3 Å². The van der Waals surface area contributed by atoms with Gasteiger partial charge in [0.25, 0.3) is 0 Å². The number of pyridine rings is 1. The van der Waals surface area contributed by atoms with Gasteiger partial charge in [-0.3, -0.25) is 4.98 Å². The molecule has 0 spiro atoms. The van der Waals surface area contributed by atoms with E-state index < -0.39 is 0 Å². The summed E-state index contributed by atoms with van der Waals surface area (Å²) in [5, 5.41) is 7.73. The van der Waals surface area contributed by atoms with Crippen LogP contribution < -0.4 is 5.32 Å². The maximum Gasteiger partial charge on any atom is 0.142 e. The molecule has 1 aromatic carbocycles. The Morgan fingerprint density at radius 1 is 1.04 bits per heavy atom. The Labute approximate surface area is 138 Å². The highest BCUT2D eigenvalue weighted by molar-refractivity contribution is 7.13. The molecule has 0 bridgehead atoms. The zero-order valence-electron chi connectivity index (χ0n) is 12.5. The maximum absolute atomic E-state index is 4.64. The average molecular weight is 320 g/mol. The van der Waals surface area contributed by atoms with E-state index in [0.29, 0.717) is 0 Å². The number of para-hydroxylation sites is 1. The smallest absolute Gasteiger partial charge is 0.142 e. The Bertz CT molecular complexity index is 878. The minimum absolute atomic E-state index is 0.749. The number of aromatic nitrogens is 3. The first-order chi connectivity index (χ1) is 11.4. The molecular weight excluding hydrogens is 304 g/mol. The molecule has 4 rings (SSSR count). The normalized spacial score (nSPS) is 11.1. The highest BCUT2D eigenvalue weighted by Crippen LogP contribution is 2.21. The molecule has 0 amide bonds. The third kappa shape index (κ3) is 3.16. The van der Waals surface area contributed by atoms with E-state index in [-0.39, 0.29) is 0 Å². The van der Waals surface area contributed by atoms with E-state index in [4.69, 9.17) is 0 Å². The lowest BCUT2D eigenvalue weighted by molar-refractivity contribution is 0.674. The number of hydrogen-bond acceptors (Lipinski definition) is 4. The highest BCUT2D eigenvalue weighted by atomic mass is 32.1. The van der Waals surface area contributed by atoms with Gasteiger partial charge in [-0.2, -0.15) is 0 Å². The van der Waals surface area contributed by atoms with Crippen molar-refractivity contribution >= 4 is 22.2 Å². The molecule has 3 heterocycles. The van der Waals surface area contributed by atoms with Crippen LogP contribution in [0.5, 0.6) is 0 Å². The van der Waals surface area contributed by atoms with Crippen molar-refractivity contribution in [3.05, 3.63) is 71.5 Å². The SMILES string of the molecule is c1ccc(-c2nc(CNCc3cc4ccccc4[nH]3)cs2)nc1. The fourth-order valence-electron chi connectivity index (χ4n) is 2.55. The van der Waals surface area contributed by atoms with Gasteiger partial charge < -0.3 is 10.3 Å². The van der Waals surface area contributed by atoms with E-state index in [1.54, 1.807) is 17.5 Å². The molecule has 0 aliphatic heterocycles. The highest BCUT2D eigenvalue weighted by Gasteiger charge is 2.05. The number of nitrogens with one attached hydrogen (secondary N) is 2. The maximum atomic E-state index is 4.64. The van der Waals surface area contributed by atoms with Crippen molar-refractivity contribution in [3.63, 3.8) is 0 Å². The molecule has 0 aliphatic rings. The van der Waals surface area contributed by atoms with Crippen molar-refractivity contribution in [2.75, 3.05) is 0 Å². The molecule has 23 heavy (non-hydrogen) atoms. The number of H-pyrrole nitrogens is 1. The number of hydrogen-bond donors (Lipinski definition) is 2. The molecule has 2 N–H and O–H groups in total. The zero-order valence-corrected chi connectivity index (χ0v) is 13.3. The first-order valence-electron chi connectivity index (χ1n) is 7.52. The Balaban J connectivity index is 1.39.